The Morgan fingerprint density at radius 1 is 1.71 bits per heavy atom. The van der Waals surface area contributed by atoms with Crippen LogP contribution in [0.25, 0.3) is 0 Å². The Morgan fingerprint density at radius 2 is 2.57 bits per heavy atom. The zero-order chi connectivity index (χ0) is 9.97. The molecule has 0 amide bonds. The molecule has 5 nitrogen and oxygen atoms in total. The fraction of sp³-hybridized carbons (Fsp3) is 0.667. The third-order valence-corrected chi connectivity index (χ3v) is 2.75. The Kier molecular flexibility index (Phi) is 2.58. The molecule has 0 bridgehead atoms. The topological polar surface area (TPSA) is 51.0 Å². The van der Waals surface area contributed by atoms with Crippen LogP contribution in [0.15, 0.2) is 6.20 Å². The minimum absolute atomic E-state index is 0.408. The van der Waals surface area contributed by atoms with Crippen molar-refractivity contribution in [2.75, 3.05) is 13.6 Å². The lowest BCUT2D eigenvalue weighted by atomic mass is 10.2. The summed E-state index contributed by atoms with van der Waals surface area (Å²) in [5.74, 6) is 0. The van der Waals surface area contributed by atoms with Crippen molar-refractivity contribution in [1.29, 1.82) is 0 Å². The molecule has 0 spiro atoms. The Bertz CT molecular complexity index is 322. The van der Waals surface area contributed by atoms with Gasteiger partial charge in [-0.2, -0.15) is 0 Å². The molecule has 0 aliphatic carbocycles. The first-order chi connectivity index (χ1) is 6.79. The summed E-state index contributed by atoms with van der Waals surface area (Å²) in [6, 6.07) is 0.538. The highest BCUT2D eigenvalue weighted by Gasteiger charge is 2.21. The normalized spacial score (nSPS) is 22.8. The maximum Gasteiger partial charge on any atom is 0.171 e. The van der Waals surface area contributed by atoms with Gasteiger partial charge in [-0.1, -0.05) is 5.21 Å². The van der Waals surface area contributed by atoms with Gasteiger partial charge in [0.15, 0.2) is 6.29 Å². The first kappa shape index (κ1) is 9.33. The maximum atomic E-state index is 10.4. The van der Waals surface area contributed by atoms with Crippen LogP contribution in [-0.2, 0) is 6.54 Å². The van der Waals surface area contributed by atoms with E-state index in [1.165, 1.54) is 12.8 Å². The van der Waals surface area contributed by atoms with Gasteiger partial charge in [-0.05, 0) is 26.4 Å². The van der Waals surface area contributed by atoms with Crippen LogP contribution in [0, 0.1) is 0 Å². The van der Waals surface area contributed by atoms with Gasteiger partial charge in [-0.25, -0.2) is 0 Å². The summed E-state index contributed by atoms with van der Waals surface area (Å²) in [6.45, 7) is 1.98. The lowest BCUT2D eigenvalue weighted by molar-refractivity contribution is 0.111. The summed E-state index contributed by atoms with van der Waals surface area (Å²) in [6.07, 6.45) is 4.87. The van der Waals surface area contributed by atoms with E-state index >= 15 is 0 Å². The molecule has 0 unspecified atom stereocenters. The number of hydrogen-bond donors (Lipinski definition) is 0. The van der Waals surface area contributed by atoms with Crippen molar-refractivity contribution in [1.82, 2.24) is 19.9 Å². The van der Waals surface area contributed by atoms with Crippen LogP contribution in [-0.4, -0.2) is 45.8 Å². The number of likely N-dealkylation sites (tertiary alicyclic amines) is 1. The number of likely N-dealkylation sites (N-methyl/N-ethyl adjacent to an activating group) is 1. The molecule has 1 aromatic rings. The lowest BCUT2D eigenvalue weighted by Gasteiger charge is -2.18. The fourth-order valence-corrected chi connectivity index (χ4v) is 1.88. The molecule has 2 heterocycles. The highest BCUT2D eigenvalue weighted by Crippen LogP contribution is 2.15. The zero-order valence-electron chi connectivity index (χ0n) is 8.26. The molecule has 1 aliphatic heterocycles. The summed E-state index contributed by atoms with van der Waals surface area (Å²) in [4.78, 5) is 12.7. The van der Waals surface area contributed by atoms with E-state index < -0.39 is 0 Å². The van der Waals surface area contributed by atoms with E-state index in [1.807, 2.05) is 0 Å². The average Bonchev–Trinajstić information content (AvgIpc) is 2.77. The monoisotopic (exact) mass is 194 g/mol. The van der Waals surface area contributed by atoms with E-state index in [0.717, 1.165) is 19.4 Å². The summed E-state index contributed by atoms with van der Waals surface area (Å²) in [5.41, 5.74) is 0.408. The molecule has 1 atom stereocenters. The highest BCUT2D eigenvalue weighted by molar-refractivity contribution is 5.70. The molecule has 5 heteroatoms. The maximum absolute atomic E-state index is 10.4. The van der Waals surface area contributed by atoms with Crippen LogP contribution in [0.3, 0.4) is 0 Å². The number of aromatic nitrogens is 3. The van der Waals surface area contributed by atoms with E-state index in [0.29, 0.717) is 11.7 Å². The van der Waals surface area contributed by atoms with Gasteiger partial charge in [0.2, 0.25) is 0 Å². The third-order valence-electron chi connectivity index (χ3n) is 2.75. The standard InChI is InChI=1S/C9H14N4O/c1-12-4-2-3-9(12)6-13-5-8(7-14)10-11-13/h5,7,9H,2-4,6H2,1H3/t9-/m0/s1. The van der Waals surface area contributed by atoms with Crippen molar-refractivity contribution < 1.29 is 4.79 Å². The largest absolute Gasteiger partial charge is 0.302 e. The first-order valence-electron chi connectivity index (χ1n) is 4.85. The summed E-state index contributed by atoms with van der Waals surface area (Å²) in [5, 5.41) is 7.62. The summed E-state index contributed by atoms with van der Waals surface area (Å²) < 4.78 is 1.75. The van der Waals surface area contributed by atoms with Crippen LogP contribution in [0.1, 0.15) is 23.3 Å². The van der Waals surface area contributed by atoms with Crippen molar-refractivity contribution in [3.05, 3.63) is 11.9 Å². The van der Waals surface area contributed by atoms with Crippen LogP contribution >= 0.6 is 0 Å². The SMILES string of the molecule is CN1CCC[C@H]1Cn1cc(C=O)nn1. The third kappa shape index (κ3) is 1.82. The quantitative estimate of drug-likeness (QED) is 0.644. The molecule has 1 aromatic heterocycles. The van der Waals surface area contributed by atoms with Crippen LogP contribution < -0.4 is 0 Å². The van der Waals surface area contributed by atoms with Crippen LogP contribution in [0.2, 0.25) is 0 Å². The molecule has 0 radical (unpaired) electrons. The zero-order valence-corrected chi connectivity index (χ0v) is 8.26. The van der Waals surface area contributed by atoms with Crippen LogP contribution in [0.4, 0.5) is 0 Å². The van der Waals surface area contributed by atoms with E-state index in [9.17, 15) is 4.79 Å². The van der Waals surface area contributed by atoms with Gasteiger partial charge in [-0.3, -0.25) is 9.48 Å². The molecule has 14 heavy (non-hydrogen) atoms. The molecule has 0 saturated carbocycles. The number of rotatable bonds is 3. The van der Waals surface area contributed by atoms with Crippen molar-refractivity contribution in [2.45, 2.75) is 25.4 Å². The number of aldehydes is 1. The Hall–Kier alpha value is -1.23. The Labute approximate surface area is 82.7 Å². The predicted octanol–water partition coefficient (Wildman–Crippen LogP) is 0.185. The highest BCUT2D eigenvalue weighted by atomic mass is 16.1. The van der Waals surface area contributed by atoms with Gasteiger partial charge in [0, 0.05) is 6.04 Å². The molecular weight excluding hydrogens is 180 g/mol. The van der Waals surface area contributed by atoms with Gasteiger partial charge < -0.3 is 4.90 Å². The summed E-state index contributed by atoms with van der Waals surface area (Å²) >= 11 is 0. The van der Waals surface area contributed by atoms with E-state index in [1.54, 1.807) is 10.9 Å². The number of nitrogens with zero attached hydrogens (tertiary/aromatic N) is 4. The second-order valence-electron chi connectivity index (χ2n) is 3.76. The smallest absolute Gasteiger partial charge is 0.171 e. The van der Waals surface area contributed by atoms with Gasteiger partial charge in [0.1, 0.15) is 5.69 Å². The Morgan fingerprint density at radius 3 is 3.14 bits per heavy atom. The average molecular weight is 194 g/mol. The predicted molar refractivity (Wildman–Crippen MR) is 51.1 cm³/mol. The number of hydrogen-bond acceptors (Lipinski definition) is 4. The molecule has 0 N–H and O–H groups in total. The Balaban J connectivity index is 1.99. The molecule has 1 saturated heterocycles. The molecule has 0 aromatic carbocycles. The number of carbonyl (C=O) groups is 1. The first-order valence-corrected chi connectivity index (χ1v) is 4.85. The lowest BCUT2D eigenvalue weighted by Crippen LogP contribution is -2.29. The number of carbonyl (C=O) groups excluding carboxylic acids is 1. The summed E-state index contributed by atoms with van der Waals surface area (Å²) in [7, 11) is 2.12. The second-order valence-corrected chi connectivity index (χ2v) is 3.76. The van der Waals surface area contributed by atoms with Gasteiger partial charge in [-0.15, -0.1) is 5.10 Å². The van der Waals surface area contributed by atoms with Gasteiger partial charge in [0.05, 0.1) is 12.7 Å². The molecule has 1 aliphatic rings. The van der Waals surface area contributed by atoms with E-state index in [-0.39, 0.29) is 0 Å². The van der Waals surface area contributed by atoms with Crippen molar-refractivity contribution in [3.63, 3.8) is 0 Å². The molecular formula is C9H14N4O. The minimum atomic E-state index is 0.408. The van der Waals surface area contributed by atoms with E-state index in [4.69, 9.17) is 0 Å². The van der Waals surface area contributed by atoms with E-state index in [2.05, 4.69) is 22.3 Å². The van der Waals surface area contributed by atoms with Crippen molar-refractivity contribution in [3.8, 4) is 0 Å². The second kappa shape index (κ2) is 3.88. The van der Waals surface area contributed by atoms with Crippen molar-refractivity contribution >= 4 is 6.29 Å². The van der Waals surface area contributed by atoms with Gasteiger partial charge in [0.25, 0.3) is 0 Å². The fourth-order valence-electron chi connectivity index (χ4n) is 1.88. The van der Waals surface area contributed by atoms with Gasteiger partial charge >= 0.3 is 0 Å². The molecule has 1 fully saturated rings. The molecule has 76 valence electrons. The van der Waals surface area contributed by atoms with Crippen LogP contribution in [0.5, 0.6) is 0 Å². The molecule has 2 rings (SSSR count). The minimum Gasteiger partial charge on any atom is -0.302 e. The van der Waals surface area contributed by atoms with Crippen molar-refractivity contribution in [2.24, 2.45) is 0 Å².